The molecule has 0 radical (unpaired) electrons. The van der Waals surface area contributed by atoms with Gasteiger partial charge in [0.1, 0.15) is 0 Å². The molecule has 1 aliphatic carbocycles. The van der Waals surface area contributed by atoms with Gasteiger partial charge in [0.2, 0.25) is 0 Å². The number of aliphatic hydroxyl groups is 1. The van der Waals surface area contributed by atoms with Gasteiger partial charge in [-0.15, -0.1) is 0 Å². The van der Waals surface area contributed by atoms with Crippen molar-refractivity contribution in [2.24, 2.45) is 0 Å². The standard InChI is InChI=1S/C11H20O3.H3N/c1-9(12)10-4-3-5-11(8-10)14-7-6-13-2;/h8-9,11-12H,3-7H2,1-2H3;1H3/t9?,11-;/m1./s1. The van der Waals surface area contributed by atoms with Gasteiger partial charge in [-0.3, -0.25) is 0 Å². The number of aliphatic hydroxyl groups excluding tert-OH is 1. The van der Waals surface area contributed by atoms with Crippen molar-refractivity contribution in [1.82, 2.24) is 6.15 Å². The number of hydrogen-bond acceptors (Lipinski definition) is 4. The first kappa shape index (κ1) is 14.6. The fourth-order valence-corrected chi connectivity index (χ4v) is 1.68. The maximum atomic E-state index is 9.42. The Hall–Kier alpha value is -0.420. The molecule has 0 aromatic heterocycles. The van der Waals surface area contributed by atoms with Gasteiger partial charge in [0.15, 0.2) is 0 Å². The Labute approximate surface area is 91.9 Å². The molecule has 0 bridgehead atoms. The van der Waals surface area contributed by atoms with Crippen LogP contribution >= 0.6 is 0 Å². The smallest absolute Gasteiger partial charge is 0.0760 e. The van der Waals surface area contributed by atoms with Gasteiger partial charge in [-0.1, -0.05) is 6.08 Å². The van der Waals surface area contributed by atoms with Crippen LogP contribution in [-0.4, -0.2) is 37.6 Å². The zero-order chi connectivity index (χ0) is 10.4. The molecule has 1 aliphatic rings. The summed E-state index contributed by atoms with van der Waals surface area (Å²) in [5.74, 6) is 0. The highest BCUT2D eigenvalue weighted by atomic mass is 16.5. The van der Waals surface area contributed by atoms with Crippen LogP contribution in [0.1, 0.15) is 26.2 Å². The second kappa shape index (κ2) is 7.82. The summed E-state index contributed by atoms with van der Waals surface area (Å²) in [4.78, 5) is 0. The second-order valence-corrected chi connectivity index (χ2v) is 3.71. The summed E-state index contributed by atoms with van der Waals surface area (Å²) in [6.45, 7) is 3.07. The molecule has 4 nitrogen and oxygen atoms in total. The van der Waals surface area contributed by atoms with Crippen molar-refractivity contribution in [3.8, 4) is 0 Å². The number of methoxy groups -OCH3 is 1. The van der Waals surface area contributed by atoms with Crippen LogP contribution in [0.3, 0.4) is 0 Å². The van der Waals surface area contributed by atoms with Crippen molar-refractivity contribution in [3.05, 3.63) is 11.6 Å². The Morgan fingerprint density at radius 2 is 2.27 bits per heavy atom. The van der Waals surface area contributed by atoms with E-state index in [9.17, 15) is 5.11 Å². The van der Waals surface area contributed by atoms with Gasteiger partial charge in [-0.2, -0.15) is 0 Å². The van der Waals surface area contributed by atoms with Crippen molar-refractivity contribution in [1.29, 1.82) is 0 Å². The average Bonchev–Trinajstić information content (AvgIpc) is 2.19. The molecule has 0 aliphatic heterocycles. The monoisotopic (exact) mass is 217 g/mol. The Morgan fingerprint density at radius 1 is 1.53 bits per heavy atom. The first-order valence-corrected chi connectivity index (χ1v) is 5.23. The van der Waals surface area contributed by atoms with Crippen LogP contribution in [-0.2, 0) is 9.47 Å². The molecule has 0 heterocycles. The molecule has 0 saturated heterocycles. The van der Waals surface area contributed by atoms with Crippen LogP contribution in [0.4, 0.5) is 0 Å². The van der Waals surface area contributed by atoms with Gasteiger partial charge in [-0.25, -0.2) is 0 Å². The molecule has 90 valence electrons. The van der Waals surface area contributed by atoms with Crippen LogP contribution in [0, 0.1) is 0 Å². The van der Waals surface area contributed by atoms with E-state index in [-0.39, 0.29) is 18.4 Å². The van der Waals surface area contributed by atoms with Gasteiger partial charge >= 0.3 is 0 Å². The van der Waals surface area contributed by atoms with Gasteiger partial charge in [0.05, 0.1) is 25.4 Å². The predicted molar refractivity (Wildman–Crippen MR) is 60.3 cm³/mol. The maximum absolute atomic E-state index is 9.42. The van der Waals surface area contributed by atoms with Crippen LogP contribution < -0.4 is 6.15 Å². The molecule has 0 aromatic rings. The molecule has 1 rings (SSSR count). The number of ether oxygens (including phenoxy) is 2. The third kappa shape index (κ3) is 5.28. The minimum Gasteiger partial charge on any atom is -0.389 e. The summed E-state index contributed by atoms with van der Waals surface area (Å²) in [5, 5.41) is 9.42. The lowest BCUT2D eigenvalue weighted by Crippen LogP contribution is -2.20. The molecule has 1 unspecified atom stereocenters. The molecule has 0 fully saturated rings. The first-order valence-electron chi connectivity index (χ1n) is 5.23. The Bertz CT molecular complexity index is 192. The van der Waals surface area contributed by atoms with E-state index in [1.165, 1.54) is 0 Å². The lowest BCUT2D eigenvalue weighted by molar-refractivity contribution is 0.0314. The second-order valence-electron chi connectivity index (χ2n) is 3.71. The van der Waals surface area contributed by atoms with E-state index in [2.05, 4.69) is 6.08 Å². The summed E-state index contributed by atoms with van der Waals surface area (Å²) in [5.41, 5.74) is 1.11. The highest BCUT2D eigenvalue weighted by Crippen LogP contribution is 2.22. The van der Waals surface area contributed by atoms with Gasteiger partial charge in [0.25, 0.3) is 0 Å². The normalized spacial score (nSPS) is 22.9. The number of rotatable bonds is 5. The molecule has 0 aromatic carbocycles. The molecule has 4 N–H and O–H groups in total. The molecule has 0 amide bonds. The van der Waals surface area contributed by atoms with E-state index >= 15 is 0 Å². The van der Waals surface area contributed by atoms with Crippen molar-refractivity contribution >= 4 is 0 Å². The summed E-state index contributed by atoms with van der Waals surface area (Å²) in [6.07, 6.45) is 5.06. The largest absolute Gasteiger partial charge is 0.389 e. The highest BCUT2D eigenvalue weighted by Gasteiger charge is 2.16. The Balaban J connectivity index is 0.00000196. The molecule has 15 heavy (non-hydrogen) atoms. The van der Waals surface area contributed by atoms with Crippen molar-refractivity contribution in [2.75, 3.05) is 20.3 Å². The van der Waals surface area contributed by atoms with E-state index in [0.717, 1.165) is 24.8 Å². The summed E-state index contributed by atoms with van der Waals surface area (Å²) >= 11 is 0. The van der Waals surface area contributed by atoms with E-state index < -0.39 is 0 Å². The Kier molecular flexibility index (Phi) is 7.60. The fraction of sp³-hybridized carbons (Fsp3) is 0.818. The quantitative estimate of drug-likeness (QED) is 0.542. The van der Waals surface area contributed by atoms with E-state index in [1.54, 1.807) is 7.11 Å². The third-order valence-corrected chi connectivity index (χ3v) is 2.51. The summed E-state index contributed by atoms with van der Waals surface area (Å²) in [7, 11) is 1.67. The van der Waals surface area contributed by atoms with Crippen LogP contribution in [0.5, 0.6) is 0 Å². The van der Waals surface area contributed by atoms with E-state index in [4.69, 9.17) is 9.47 Å². The first-order chi connectivity index (χ1) is 6.74. The average molecular weight is 217 g/mol. The fourth-order valence-electron chi connectivity index (χ4n) is 1.68. The maximum Gasteiger partial charge on any atom is 0.0760 e. The Morgan fingerprint density at radius 3 is 2.87 bits per heavy atom. The lowest BCUT2D eigenvalue weighted by Gasteiger charge is -2.22. The van der Waals surface area contributed by atoms with Gasteiger partial charge < -0.3 is 20.7 Å². The zero-order valence-corrected chi connectivity index (χ0v) is 9.74. The van der Waals surface area contributed by atoms with Gasteiger partial charge in [-0.05, 0) is 31.8 Å². The van der Waals surface area contributed by atoms with Crippen LogP contribution in [0.15, 0.2) is 11.6 Å². The molecule has 2 atom stereocenters. The molecule has 4 heteroatoms. The van der Waals surface area contributed by atoms with Crippen LogP contribution in [0.25, 0.3) is 0 Å². The molecule has 0 spiro atoms. The third-order valence-electron chi connectivity index (χ3n) is 2.51. The minimum atomic E-state index is -0.330. The summed E-state index contributed by atoms with van der Waals surface area (Å²) < 4.78 is 10.5. The van der Waals surface area contributed by atoms with E-state index in [1.807, 2.05) is 6.92 Å². The topological polar surface area (TPSA) is 73.7 Å². The zero-order valence-electron chi connectivity index (χ0n) is 9.74. The van der Waals surface area contributed by atoms with Gasteiger partial charge in [0, 0.05) is 7.11 Å². The highest BCUT2D eigenvalue weighted by molar-refractivity contribution is 5.12. The van der Waals surface area contributed by atoms with Crippen LogP contribution in [0.2, 0.25) is 0 Å². The molecular weight excluding hydrogens is 194 g/mol. The van der Waals surface area contributed by atoms with Crippen molar-refractivity contribution in [3.63, 3.8) is 0 Å². The molecule has 0 saturated carbocycles. The van der Waals surface area contributed by atoms with Crippen molar-refractivity contribution in [2.45, 2.75) is 38.4 Å². The SMILES string of the molecule is COCCO[C@H]1C=C(C(C)O)CCC1.N. The molecular formula is C11H23NO3. The number of hydrogen-bond donors (Lipinski definition) is 2. The van der Waals surface area contributed by atoms with Crippen molar-refractivity contribution < 1.29 is 14.6 Å². The summed E-state index contributed by atoms with van der Waals surface area (Å²) in [6, 6.07) is 0. The van der Waals surface area contributed by atoms with E-state index in [0.29, 0.717) is 13.2 Å². The minimum absolute atomic E-state index is 0. The lowest BCUT2D eigenvalue weighted by atomic mass is 9.94. The predicted octanol–water partition coefficient (Wildman–Crippen LogP) is 1.67.